The number of hydrogen-bond acceptors (Lipinski definition) is 6. The minimum atomic E-state index is 0.457. The fraction of sp³-hybridized carbons (Fsp3) is 0.526. The van der Waals surface area contributed by atoms with Gasteiger partial charge in [-0.15, -0.1) is 0 Å². The van der Waals surface area contributed by atoms with Crippen molar-refractivity contribution in [2.45, 2.75) is 0 Å². The summed E-state index contributed by atoms with van der Waals surface area (Å²) in [7, 11) is 0. The summed E-state index contributed by atoms with van der Waals surface area (Å²) >= 11 is 5.46. The highest BCUT2D eigenvalue weighted by atomic mass is 32.1. The van der Waals surface area contributed by atoms with Crippen molar-refractivity contribution in [2.75, 3.05) is 65.9 Å². The molecule has 0 aliphatic carbocycles. The third-order valence-electron chi connectivity index (χ3n) is 3.73. The Kier molecular flexibility index (Phi) is 10.4. The van der Waals surface area contributed by atoms with Gasteiger partial charge >= 0.3 is 0 Å². The van der Waals surface area contributed by atoms with Gasteiger partial charge in [0.15, 0.2) is 16.6 Å². The van der Waals surface area contributed by atoms with E-state index in [-0.39, 0.29) is 0 Å². The van der Waals surface area contributed by atoms with Crippen molar-refractivity contribution < 1.29 is 23.7 Å². The SMILES string of the molecule is C=COCCNC(=S)N1CCOCCOc2ccccc2OCCOCC1. The number of thiocarbonyl (C=S) groups is 1. The Morgan fingerprint density at radius 2 is 1.63 bits per heavy atom. The van der Waals surface area contributed by atoms with E-state index in [9.17, 15) is 0 Å². The molecule has 1 heterocycles. The standard InChI is InChI=1S/C19H28N2O5S/c1-2-22-10-7-20-19(27)21-8-11-23-13-15-25-17-5-3-4-6-18(17)26-16-14-24-12-9-21/h2-6H,1,7-16H2,(H,20,27). The maximum Gasteiger partial charge on any atom is 0.169 e. The Bertz CT molecular complexity index is 538. The lowest BCUT2D eigenvalue weighted by atomic mass is 10.3. The zero-order valence-corrected chi connectivity index (χ0v) is 16.4. The number of nitrogens with zero attached hydrogens (tertiary/aromatic N) is 1. The van der Waals surface area contributed by atoms with Crippen molar-refractivity contribution >= 4 is 17.3 Å². The summed E-state index contributed by atoms with van der Waals surface area (Å²) in [5.41, 5.74) is 0. The lowest BCUT2D eigenvalue weighted by Crippen LogP contribution is -2.44. The van der Waals surface area contributed by atoms with E-state index in [1.165, 1.54) is 6.26 Å². The molecular formula is C19H28N2O5S. The number of hydrogen-bond donors (Lipinski definition) is 1. The van der Waals surface area contributed by atoms with Crippen LogP contribution in [-0.4, -0.2) is 75.9 Å². The quantitative estimate of drug-likeness (QED) is 0.470. The van der Waals surface area contributed by atoms with Crippen LogP contribution in [-0.2, 0) is 14.2 Å². The van der Waals surface area contributed by atoms with Crippen LogP contribution in [0.1, 0.15) is 0 Å². The van der Waals surface area contributed by atoms with E-state index in [0.29, 0.717) is 82.5 Å². The monoisotopic (exact) mass is 396 g/mol. The molecule has 0 amide bonds. The Labute approximate surface area is 166 Å². The number of rotatable bonds is 4. The minimum Gasteiger partial charge on any atom is -0.500 e. The van der Waals surface area contributed by atoms with Crippen LogP contribution in [0.5, 0.6) is 11.5 Å². The van der Waals surface area contributed by atoms with E-state index < -0.39 is 0 Å². The first kappa shape index (κ1) is 21.3. The zero-order valence-electron chi connectivity index (χ0n) is 15.6. The molecule has 0 aromatic heterocycles. The average molecular weight is 397 g/mol. The van der Waals surface area contributed by atoms with Crippen LogP contribution in [0.25, 0.3) is 0 Å². The second-order valence-electron chi connectivity index (χ2n) is 5.62. The Hall–Kier alpha value is -2.03. The molecule has 1 aromatic carbocycles. The maximum absolute atomic E-state index is 5.75. The molecule has 1 aromatic rings. The second kappa shape index (κ2) is 13.2. The molecule has 0 saturated heterocycles. The van der Waals surface area contributed by atoms with Crippen LogP contribution >= 0.6 is 12.2 Å². The normalized spacial score (nSPS) is 16.5. The van der Waals surface area contributed by atoms with Crippen LogP contribution in [0.15, 0.2) is 37.1 Å². The molecule has 0 spiro atoms. The van der Waals surface area contributed by atoms with Gasteiger partial charge < -0.3 is 33.9 Å². The van der Waals surface area contributed by atoms with E-state index >= 15 is 0 Å². The second-order valence-corrected chi connectivity index (χ2v) is 6.01. The predicted molar refractivity (Wildman–Crippen MR) is 107 cm³/mol. The van der Waals surface area contributed by atoms with E-state index in [1.807, 2.05) is 29.2 Å². The number of fused-ring (bicyclic) bond motifs is 1. The summed E-state index contributed by atoms with van der Waals surface area (Å²) in [6.07, 6.45) is 1.42. The van der Waals surface area contributed by atoms with Gasteiger partial charge in [0.05, 0.1) is 39.2 Å². The van der Waals surface area contributed by atoms with Crippen molar-refractivity contribution in [1.29, 1.82) is 0 Å². The molecule has 0 fully saturated rings. The number of ether oxygens (including phenoxy) is 5. The first-order valence-electron chi connectivity index (χ1n) is 9.06. The van der Waals surface area contributed by atoms with Gasteiger partial charge in [0.25, 0.3) is 0 Å². The molecule has 0 saturated carbocycles. The van der Waals surface area contributed by atoms with Crippen LogP contribution < -0.4 is 14.8 Å². The van der Waals surface area contributed by atoms with Crippen LogP contribution in [0.4, 0.5) is 0 Å². The van der Waals surface area contributed by atoms with Gasteiger partial charge in [0, 0.05) is 13.1 Å². The van der Waals surface area contributed by atoms with Gasteiger partial charge in [-0.25, -0.2) is 0 Å². The number of para-hydroxylation sites is 2. The first-order chi connectivity index (χ1) is 13.3. The van der Waals surface area contributed by atoms with Gasteiger partial charge in [-0.3, -0.25) is 0 Å². The van der Waals surface area contributed by atoms with E-state index in [0.717, 1.165) is 0 Å². The van der Waals surface area contributed by atoms with Gasteiger partial charge in [-0.1, -0.05) is 18.7 Å². The molecule has 1 aliphatic heterocycles. The third-order valence-corrected chi connectivity index (χ3v) is 4.13. The highest BCUT2D eigenvalue weighted by Crippen LogP contribution is 2.26. The number of nitrogens with one attached hydrogen (secondary N) is 1. The molecule has 2 rings (SSSR count). The molecule has 1 aliphatic rings. The van der Waals surface area contributed by atoms with E-state index in [2.05, 4.69) is 11.9 Å². The topological polar surface area (TPSA) is 61.4 Å². The smallest absolute Gasteiger partial charge is 0.169 e. The van der Waals surface area contributed by atoms with Gasteiger partial charge in [0.2, 0.25) is 0 Å². The highest BCUT2D eigenvalue weighted by Gasteiger charge is 2.10. The van der Waals surface area contributed by atoms with Crippen molar-refractivity contribution in [1.82, 2.24) is 10.2 Å². The van der Waals surface area contributed by atoms with Gasteiger partial charge in [0.1, 0.15) is 19.8 Å². The average Bonchev–Trinajstić information content (AvgIpc) is 2.69. The van der Waals surface area contributed by atoms with Crippen LogP contribution in [0.3, 0.4) is 0 Å². The summed E-state index contributed by atoms with van der Waals surface area (Å²) in [4.78, 5) is 2.03. The summed E-state index contributed by atoms with van der Waals surface area (Å²) in [5.74, 6) is 1.43. The van der Waals surface area contributed by atoms with Crippen molar-refractivity contribution in [3.05, 3.63) is 37.1 Å². The fourth-order valence-electron chi connectivity index (χ4n) is 2.39. The van der Waals surface area contributed by atoms with Crippen LogP contribution in [0.2, 0.25) is 0 Å². The van der Waals surface area contributed by atoms with Gasteiger partial charge in [-0.05, 0) is 24.4 Å². The fourth-order valence-corrected chi connectivity index (χ4v) is 2.67. The Morgan fingerprint density at radius 3 is 2.19 bits per heavy atom. The summed E-state index contributed by atoms with van der Waals surface area (Å²) in [5, 5.41) is 3.82. The van der Waals surface area contributed by atoms with Crippen molar-refractivity contribution in [3.63, 3.8) is 0 Å². The highest BCUT2D eigenvalue weighted by molar-refractivity contribution is 7.80. The lowest BCUT2D eigenvalue weighted by molar-refractivity contribution is 0.0775. The lowest BCUT2D eigenvalue weighted by Gasteiger charge is -2.25. The van der Waals surface area contributed by atoms with Crippen LogP contribution in [0, 0.1) is 0 Å². The molecule has 0 bridgehead atoms. The summed E-state index contributed by atoms with van der Waals surface area (Å²) in [6.45, 7) is 8.98. The molecule has 1 N–H and O–H groups in total. The molecule has 0 radical (unpaired) electrons. The molecule has 7 nitrogen and oxygen atoms in total. The third kappa shape index (κ3) is 8.47. The van der Waals surface area contributed by atoms with E-state index in [4.69, 9.17) is 35.9 Å². The number of benzene rings is 1. The molecule has 150 valence electrons. The molecular weight excluding hydrogens is 368 g/mol. The summed E-state index contributed by atoms with van der Waals surface area (Å²) < 4.78 is 27.9. The van der Waals surface area contributed by atoms with E-state index in [1.54, 1.807) is 0 Å². The molecule has 0 unspecified atom stereocenters. The Balaban J connectivity index is 1.82. The predicted octanol–water partition coefficient (Wildman–Crippen LogP) is 1.83. The maximum atomic E-state index is 5.75. The van der Waals surface area contributed by atoms with Crippen molar-refractivity contribution in [3.8, 4) is 11.5 Å². The van der Waals surface area contributed by atoms with Crippen molar-refractivity contribution in [2.24, 2.45) is 0 Å². The minimum absolute atomic E-state index is 0.457. The molecule has 0 atom stereocenters. The Morgan fingerprint density at radius 1 is 1.04 bits per heavy atom. The largest absolute Gasteiger partial charge is 0.500 e. The summed E-state index contributed by atoms with van der Waals surface area (Å²) in [6, 6.07) is 7.60. The molecule has 8 heteroatoms. The first-order valence-corrected chi connectivity index (χ1v) is 9.47. The zero-order chi connectivity index (χ0) is 19.2. The molecule has 27 heavy (non-hydrogen) atoms. The van der Waals surface area contributed by atoms with Gasteiger partial charge in [-0.2, -0.15) is 0 Å².